The summed E-state index contributed by atoms with van der Waals surface area (Å²) in [6, 6.07) is 12.4. The third kappa shape index (κ3) is 3.25. The highest BCUT2D eigenvalue weighted by Crippen LogP contribution is 2.35. The maximum absolute atomic E-state index is 5.67. The predicted octanol–water partition coefficient (Wildman–Crippen LogP) is 4.29. The molecule has 0 aliphatic carbocycles. The zero-order valence-corrected chi connectivity index (χ0v) is 14.7. The first-order valence-electron chi connectivity index (χ1n) is 6.70. The number of hydrogen-bond acceptors (Lipinski definition) is 3. The van der Waals surface area contributed by atoms with Gasteiger partial charge < -0.3 is 14.8 Å². The Hall–Kier alpha value is -1.04. The van der Waals surface area contributed by atoms with Crippen LogP contribution in [0, 0.1) is 0 Å². The second kappa shape index (κ2) is 6.38. The zero-order valence-electron chi connectivity index (χ0n) is 11.5. The van der Waals surface area contributed by atoms with Crippen molar-refractivity contribution in [3.05, 3.63) is 56.5 Å². The summed E-state index contributed by atoms with van der Waals surface area (Å²) in [6.07, 6.45) is 0. The van der Waals surface area contributed by atoms with Crippen molar-refractivity contribution in [3.63, 3.8) is 0 Å². The monoisotopic (exact) mass is 411 g/mol. The van der Waals surface area contributed by atoms with E-state index >= 15 is 0 Å². The molecule has 0 saturated carbocycles. The van der Waals surface area contributed by atoms with Crippen LogP contribution in [0.3, 0.4) is 0 Å². The molecule has 0 fully saturated rings. The number of nitrogens with one attached hydrogen (secondary N) is 1. The number of benzene rings is 2. The molecular formula is C16H15Br2NO2. The third-order valence-electron chi connectivity index (χ3n) is 3.41. The van der Waals surface area contributed by atoms with E-state index in [4.69, 9.17) is 9.47 Å². The van der Waals surface area contributed by atoms with Gasteiger partial charge in [0.15, 0.2) is 11.5 Å². The van der Waals surface area contributed by atoms with Gasteiger partial charge >= 0.3 is 0 Å². The molecule has 1 unspecified atom stereocenters. The summed E-state index contributed by atoms with van der Waals surface area (Å²) < 4.78 is 13.3. The van der Waals surface area contributed by atoms with E-state index in [1.54, 1.807) is 0 Å². The Bertz CT molecular complexity index is 640. The average molecular weight is 413 g/mol. The Kier molecular flexibility index (Phi) is 4.52. The van der Waals surface area contributed by atoms with Crippen LogP contribution in [0.15, 0.2) is 45.3 Å². The van der Waals surface area contributed by atoms with Gasteiger partial charge in [0, 0.05) is 8.95 Å². The first-order valence-corrected chi connectivity index (χ1v) is 8.29. The summed E-state index contributed by atoms with van der Waals surface area (Å²) >= 11 is 7.08. The van der Waals surface area contributed by atoms with Crippen molar-refractivity contribution in [2.45, 2.75) is 6.04 Å². The molecule has 0 saturated heterocycles. The number of fused-ring (bicyclic) bond motifs is 1. The van der Waals surface area contributed by atoms with Gasteiger partial charge in [-0.2, -0.15) is 0 Å². The van der Waals surface area contributed by atoms with E-state index in [2.05, 4.69) is 55.4 Å². The van der Waals surface area contributed by atoms with Crippen LogP contribution in [0.5, 0.6) is 11.5 Å². The lowest BCUT2D eigenvalue weighted by molar-refractivity contribution is 0.171. The largest absolute Gasteiger partial charge is 0.486 e. The SMILES string of the molecule is CNC(c1cc(Br)cc(Br)c1)c1ccc2c(c1)OCCO2. The lowest BCUT2D eigenvalue weighted by atomic mass is 9.98. The summed E-state index contributed by atoms with van der Waals surface area (Å²) in [5.74, 6) is 1.63. The zero-order chi connectivity index (χ0) is 14.8. The van der Waals surface area contributed by atoms with Gasteiger partial charge in [-0.1, -0.05) is 37.9 Å². The second-order valence-electron chi connectivity index (χ2n) is 4.83. The van der Waals surface area contributed by atoms with E-state index in [-0.39, 0.29) is 6.04 Å². The maximum atomic E-state index is 5.67. The molecule has 3 rings (SSSR count). The molecule has 0 radical (unpaired) electrons. The van der Waals surface area contributed by atoms with Gasteiger partial charge in [0.05, 0.1) is 6.04 Å². The van der Waals surface area contributed by atoms with Crippen LogP contribution in [-0.4, -0.2) is 20.3 Å². The Morgan fingerprint density at radius 1 is 0.905 bits per heavy atom. The molecule has 1 aliphatic heterocycles. The minimum absolute atomic E-state index is 0.0922. The molecule has 5 heteroatoms. The van der Waals surface area contributed by atoms with Crippen LogP contribution in [0.4, 0.5) is 0 Å². The van der Waals surface area contributed by atoms with Crippen molar-refractivity contribution in [2.24, 2.45) is 0 Å². The molecule has 2 aromatic carbocycles. The third-order valence-corrected chi connectivity index (χ3v) is 4.32. The van der Waals surface area contributed by atoms with Gasteiger partial charge in [-0.15, -0.1) is 0 Å². The lowest BCUT2D eigenvalue weighted by Gasteiger charge is -2.22. The minimum Gasteiger partial charge on any atom is -0.486 e. The summed E-state index contributed by atoms with van der Waals surface area (Å²) in [5.41, 5.74) is 2.32. The first kappa shape index (κ1) is 14.9. The Labute approximate surface area is 140 Å². The molecule has 0 spiro atoms. The molecule has 1 atom stereocenters. The first-order chi connectivity index (χ1) is 10.2. The average Bonchev–Trinajstić information content (AvgIpc) is 2.47. The van der Waals surface area contributed by atoms with Gasteiger partial charge in [0.2, 0.25) is 0 Å². The molecular weight excluding hydrogens is 398 g/mol. The van der Waals surface area contributed by atoms with E-state index in [1.807, 2.05) is 25.2 Å². The van der Waals surface area contributed by atoms with Gasteiger partial charge in [-0.25, -0.2) is 0 Å². The minimum atomic E-state index is 0.0922. The van der Waals surface area contributed by atoms with Crippen molar-refractivity contribution in [2.75, 3.05) is 20.3 Å². The highest BCUT2D eigenvalue weighted by atomic mass is 79.9. The number of halogens is 2. The molecule has 0 bridgehead atoms. The summed E-state index contributed by atoms with van der Waals surface area (Å²) in [6.45, 7) is 1.21. The topological polar surface area (TPSA) is 30.5 Å². The molecule has 1 heterocycles. The van der Waals surface area contributed by atoms with Gasteiger partial charge in [0.25, 0.3) is 0 Å². The number of ether oxygens (including phenoxy) is 2. The van der Waals surface area contributed by atoms with Gasteiger partial charge in [0.1, 0.15) is 13.2 Å². The normalized spacial score (nSPS) is 14.8. The van der Waals surface area contributed by atoms with Crippen molar-refractivity contribution >= 4 is 31.9 Å². The molecule has 110 valence electrons. The summed E-state index contributed by atoms with van der Waals surface area (Å²) in [4.78, 5) is 0. The fourth-order valence-electron chi connectivity index (χ4n) is 2.51. The Morgan fingerprint density at radius 3 is 2.24 bits per heavy atom. The molecule has 0 aromatic heterocycles. The predicted molar refractivity (Wildman–Crippen MR) is 90.2 cm³/mol. The maximum Gasteiger partial charge on any atom is 0.161 e. The van der Waals surface area contributed by atoms with Gasteiger partial charge in [-0.05, 0) is 48.5 Å². The fourth-order valence-corrected chi connectivity index (χ4v) is 3.84. The summed E-state index contributed by atoms with van der Waals surface area (Å²) in [7, 11) is 1.95. The van der Waals surface area contributed by atoms with E-state index in [9.17, 15) is 0 Å². The van der Waals surface area contributed by atoms with Crippen LogP contribution in [0.1, 0.15) is 17.2 Å². The van der Waals surface area contributed by atoms with E-state index < -0.39 is 0 Å². The smallest absolute Gasteiger partial charge is 0.161 e. The molecule has 3 nitrogen and oxygen atoms in total. The van der Waals surface area contributed by atoms with Crippen LogP contribution < -0.4 is 14.8 Å². The summed E-state index contributed by atoms with van der Waals surface area (Å²) in [5, 5.41) is 3.36. The molecule has 1 aliphatic rings. The molecule has 2 aromatic rings. The Balaban J connectivity index is 1.99. The quantitative estimate of drug-likeness (QED) is 0.815. The van der Waals surface area contributed by atoms with Gasteiger partial charge in [-0.3, -0.25) is 0 Å². The van der Waals surface area contributed by atoms with Crippen LogP contribution >= 0.6 is 31.9 Å². The second-order valence-corrected chi connectivity index (χ2v) is 6.66. The van der Waals surface area contributed by atoms with Crippen molar-refractivity contribution in [1.82, 2.24) is 5.32 Å². The van der Waals surface area contributed by atoms with Crippen LogP contribution in [-0.2, 0) is 0 Å². The highest BCUT2D eigenvalue weighted by molar-refractivity contribution is 9.11. The van der Waals surface area contributed by atoms with E-state index in [0.29, 0.717) is 13.2 Å². The number of hydrogen-bond donors (Lipinski definition) is 1. The lowest BCUT2D eigenvalue weighted by Crippen LogP contribution is -2.19. The van der Waals surface area contributed by atoms with E-state index in [1.165, 1.54) is 5.56 Å². The van der Waals surface area contributed by atoms with Crippen molar-refractivity contribution < 1.29 is 9.47 Å². The van der Waals surface area contributed by atoms with E-state index in [0.717, 1.165) is 26.0 Å². The van der Waals surface area contributed by atoms with Crippen molar-refractivity contribution in [1.29, 1.82) is 0 Å². The Morgan fingerprint density at radius 2 is 1.57 bits per heavy atom. The van der Waals surface area contributed by atoms with Crippen LogP contribution in [0.25, 0.3) is 0 Å². The molecule has 0 amide bonds. The van der Waals surface area contributed by atoms with Crippen LogP contribution in [0.2, 0.25) is 0 Å². The standard InChI is InChI=1S/C16H15Br2NO2/c1-19-16(11-6-12(17)9-13(18)7-11)10-2-3-14-15(8-10)21-5-4-20-14/h2-3,6-9,16,19H,4-5H2,1H3. The highest BCUT2D eigenvalue weighted by Gasteiger charge is 2.18. The number of rotatable bonds is 3. The molecule has 1 N–H and O–H groups in total. The molecule has 21 heavy (non-hydrogen) atoms. The fraction of sp³-hybridized carbons (Fsp3) is 0.250. The van der Waals surface area contributed by atoms with Crippen molar-refractivity contribution in [3.8, 4) is 11.5 Å².